The van der Waals surface area contributed by atoms with E-state index in [9.17, 15) is 9.90 Å². The monoisotopic (exact) mass is 498 g/mol. The Bertz CT molecular complexity index is 1270. The van der Waals surface area contributed by atoms with Gasteiger partial charge in [-0.1, -0.05) is 23.2 Å². The molecule has 0 unspecified atom stereocenters. The summed E-state index contributed by atoms with van der Waals surface area (Å²) in [6.45, 7) is 0. The number of aromatic hydroxyl groups is 1. The van der Waals surface area contributed by atoms with Crippen LogP contribution in [-0.2, 0) is 4.79 Å². The van der Waals surface area contributed by atoms with E-state index in [0.29, 0.717) is 15.2 Å². The Labute approximate surface area is 204 Å². The van der Waals surface area contributed by atoms with Crippen LogP contribution in [0.5, 0.6) is 5.75 Å². The number of nitrogens with one attached hydrogen (secondary N) is 2. The van der Waals surface area contributed by atoms with Gasteiger partial charge in [-0.2, -0.15) is 9.67 Å². The fourth-order valence-corrected chi connectivity index (χ4v) is 3.94. The summed E-state index contributed by atoms with van der Waals surface area (Å²) < 4.78 is 1.91. The van der Waals surface area contributed by atoms with Crippen LogP contribution in [0.15, 0.2) is 83.1 Å². The van der Waals surface area contributed by atoms with E-state index >= 15 is 0 Å². The normalized spacial score (nSPS) is 11.1. The van der Waals surface area contributed by atoms with Gasteiger partial charge in [0.2, 0.25) is 0 Å². The third-order valence-corrected chi connectivity index (χ3v) is 5.95. The lowest BCUT2D eigenvalue weighted by Gasteiger charge is -2.05. The van der Waals surface area contributed by atoms with Crippen molar-refractivity contribution in [3.05, 3.63) is 88.4 Å². The van der Waals surface area contributed by atoms with Gasteiger partial charge in [-0.3, -0.25) is 4.79 Å². The highest BCUT2D eigenvalue weighted by molar-refractivity contribution is 7.99. The molecular formula is C23H18Cl2N5O2S+. The summed E-state index contributed by atoms with van der Waals surface area (Å²) in [6.07, 6.45) is 1.50. The summed E-state index contributed by atoms with van der Waals surface area (Å²) in [5, 5.41) is 22.6. The molecule has 0 aliphatic heterocycles. The third-order valence-electron chi connectivity index (χ3n) is 4.50. The standard InChI is InChI=1S/C23H17Cl2N5O2S/c24-17-5-3-16(4-6-17)22-28-29-23(30(22)19-9-7-18(25)8-10-19)33-14-21(32)27-26-13-15-1-11-20(31)12-2-15/h1-13H,14H2,(H2,26,27,31,32)/p+1. The van der Waals surface area contributed by atoms with E-state index in [4.69, 9.17) is 23.2 Å². The maximum absolute atomic E-state index is 12.3. The predicted molar refractivity (Wildman–Crippen MR) is 130 cm³/mol. The summed E-state index contributed by atoms with van der Waals surface area (Å²) in [5.41, 5.74) is 4.97. The number of nitrogens with zero attached hydrogens (tertiary/aromatic N) is 3. The molecule has 166 valence electrons. The van der Waals surface area contributed by atoms with Gasteiger partial charge < -0.3 is 5.11 Å². The van der Waals surface area contributed by atoms with Gasteiger partial charge in [0, 0.05) is 10.0 Å². The van der Waals surface area contributed by atoms with E-state index in [1.165, 1.54) is 18.0 Å². The number of rotatable bonds is 7. The minimum Gasteiger partial charge on any atom is -0.508 e. The summed E-state index contributed by atoms with van der Waals surface area (Å²) in [7, 11) is 0. The molecule has 10 heteroatoms. The van der Waals surface area contributed by atoms with Gasteiger partial charge in [-0.05, 0) is 90.1 Å². The fourth-order valence-electron chi connectivity index (χ4n) is 2.93. The maximum Gasteiger partial charge on any atom is 0.342 e. The molecule has 3 aromatic carbocycles. The second-order valence-electron chi connectivity index (χ2n) is 6.85. The van der Waals surface area contributed by atoms with Gasteiger partial charge in [0.25, 0.3) is 11.7 Å². The van der Waals surface area contributed by atoms with Crippen LogP contribution < -0.4 is 9.99 Å². The molecule has 3 N–H and O–H groups in total. The second kappa shape index (κ2) is 10.5. The number of hydrazone groups is 1. The van der Waals surface area contributed by atoms with Crippen molar-refractivity contribution in [3.63, 3.8) is 0 Å². The van der Waals surface area contributed by atoms with Crippen molar-refractivity contribution in [2.24, 2.45) is 5.10 Å². The number of H-pyrrole nitrogens is 1. The molecule has 7 nitrogen and oxygen atoms in total. The van der Waals surface area contributed by atoms with Gasteiger partial charge in [-0.25, -0.2) is 5.43 Å². The van der Waals surface area contributed by atoms with Crippen LogP contribution in [0.2, 0.25) is 10.0 Å². The number of phenols is 1. The number of amides is 1. The molecule has 0 radical (unpaired) electrons. The smallest absolute Gasteiger partial charge is 0.342 e. The van der Waals surface area contributed by atoms with E-state index in [2.05, 4.69) is 20.7 Å². The molecule has 1 amide bonds. The summed E-state index contributed by atoms with van der Waals surface area (Å²) >= 11 is 13.4. The Morgan fingerprint density at radius 2 is 1.67 bits per heavy atom. The lowest BCUT2D eigenvalue weighted by molar-refractivity contribution is -0.625. The molecule has 0 saturated carbocycles. The number of benzene rings is 3. The molecule has 0 spiro atoms. The molecule has 0 bridgehead atoms. The predicted octanol–water partition coefficient (Wildman–Crippen LogP) is 4.61. The molecule has 0 saturated heterocycles. The quantitative estimate of drug-likeness (QED) is 0.150. The first-order valence-corrected chi connectivity index (χ1v) is 11.5. The van der Waals surface area contributed by atoms with E-state index < -0.39 is 0 Å². The molecule has 0 aliphatic rings. The number of phenolic OH excluding ortho intramolecular Hbond substituents is 1. The van der Waals surface area contributed by atoms with E-state index in [1.54, 1.807) is 48.5 Å². The van der Waals surface area contributed by atoms with Crippen molar-refractivity contribution >= 4 is 47.1 Å². The molecular weight excluding hydrogens is 481 g/mol. The van der Waals surface area contributed by atoms with Crippen molar-refractivity contribution in [2.45, 2.75) is 5.16 Å². The van der Waals surface area contributed by atoms with Crippen molar-refractivity contribution in [3.8, 4) is 22.8 Å². The van der Waals surface area contributed by atoms with Crippen LogP contribution in [0.25, 0.3) is 17.1 Å². The van der Waals surface area contributed by atoms with Crippen LogP contribution in [0, 0.1) is 0 Å². The molecule has 1 aromatic heterocycles. The van der Waals surface area contributed by atoms with Crippen LogP contribution in [0.3, 0.4) is 0 Å². The van der Waals surface area contributed by atoms with Gasteiger partial charge in [0.1, 0.15) is 11.4 Å². The Hall–Kier alpha value is -3.33. The molecule has 4 rings (SSSR count). The number of thioether (sulfide) groups is 1. The Morgan fingerprint density at radius 3 is 2.33 bits per heavy atom. The number of hydrogen-bond acceptors (Lipinski definition) is 5. The van der Waals surface area contributed by atoms with E-state index in [1.807, 2.05) is 28.8 Å². The van der Waals surface area contributed by atoms with Gasteiger partial charge >= 0.3 is 5.16 Å². The minimum atomic E-state index is -0.284. The fraction of sp³-hybridized carbons (Fsp3) is 0.0435. The average Bonchev–Trinajstić information content (AvgIpc) is 3.24. The Morgan fingerprint density at radius 1 is 1.03 bits per heavy atom. The first kappa shape index (κ1) is 22.8. The van der Waals surface area contributed by atoms with Crippen LogP contribution >= 0.6 is 35.0 Å². The highest BCUT2D eigenvalue weighted by Gasteiger charge is 2.24. The first-order valence-electron chi connectivity index (χ1n) is 9.75. The zero-order valence-electron chi connectivity index (χ0n) is 17.1. The zero-order chi connectivity index (χ0) is 23.2. The summed E-state index contributed by atoms with van der Waals surface area (Å²) in [6, 6.07) is 21.2. The van der Waals surface area contributed by atoms with E-state index in [-0.39, 0.29) is 17.4 Å². The van der Waals surface area contributed by atoms with Gasteiger partial charge in [-0.15, -0.1) is 5.10 Å². The van der Waals surface area contributed by atoms with Crippen molar-refractivity contribution in [2.75, 3.05) is 5.75 Å². The molecule has 1 heterocycles. The topological polar surface area (TPSA) is 94.3 Å². The maximum atomic E-state index is 12.3. The minimum absolute atomic E-state index is 0.103. The van der Waals surface area contributed by atoms with Crippen LogP contribution in [-0.4, -0.2) is 33.2 Å². The number of carbonyl (C=O) groups is 1. The molecule has 33 heavy (non-hydrogen) atoms. The van der Waals surface area contributed by atoms with Crippen molar-refractivity contribution in [1.82, 2.24) is 15.6 Å². The van der Waals surface area contributed by atoms with Crippen molar-refractivity contribution < 1.29 is 14.5 Å². The van der Waals surface area contributed by atoms with Crippen LogP contribution in [0.1, 0.15) is 5.56 Å². The zero-order valence-corrected chi connectivity index (χ0v) is 19.4. The lowest BCUT2D eigenvalue weighted by Crippen LogP contribution is -2.34. The summed E-state index contributed by atoms with van der Waals surface area (Å²) in [5.74, 6) is 0.723. The number of halogens is 2. The third kappa shape index (κ3) is 5.92. The SMILES string of the molecule is O=C(CSc1n[nH]c(-c2ccc(Cl)cc2)[n+]1-c1ccc(Cl)cc1)NN=Cc1ccc(O)cc1. The van der Waals surface area contributed by atoms with E-state index in [0.717, 1.165) is 22.6 Å². The molecule has 0 fully saturated rings. The number of aromatic amines is 1. The highest BCUT2D eigenvalue weighted by Crippen LogP contribution is 2.22. The second-order valence-corrected chi connectivity index (χ2v) is 8.66. The molecule has 0 atom stereocenters. The van der Waals surface area contributed by atoms with Gasteiger partial charge in [0.05, 0.1) is 22.6 Å². The number of hydrogen-bond donors (Lipinski definition) is 3. The lowest BCUT2D eigenvalue weighted by atomic mass is 10.2. The average molecular weight is 499 g/mol. The largest absolute Gasteiger partial charge is 0.508 e. The molecule has 0 aliphatic carbocycles. The summed E-state index contributed by atoms with van der Waals surface area (Å²) in [4.78, 5) is 12.3. The highest BCUT2D eigenvalue weighted by atomic mass is 35.5. The van der Waals surface area contributed by atoms with Crippen LogP contribution in [0.4, 0.5) is 0 Å². The Balaban J connectivity index is 1.51. The number of carbonyl (C=O) groups excluding carboxylic acids is 1. The first-order chi connectivity index (χ1) is 16.0. The Kier molecular flexibility index (Phi) is 7.29. The number of aromatic nitrogens is 3. The van der Waals surface area contributed by atoms with Gasteiger partial charge in [0.15, 0.2) is 0 Å². The van der Waals surface area contributed by atoms with Crippen molar-refractivity contribution in [1.29, 1.82) is 0 Å². The molecule has 4 aromatic rings.